The molecule has 9 nitrogen and oxygen atoms in total. The summed E-state index contributed by atoms with van der Waals surface area (Å²) >= 11 is 5.95. The number of azo groups is 1. The highest BCUT2D eigenvalue weighted by Crippen LogP contribution is 2.40. The second kappa shape index (κ2) is 10.6. The molecule has 0 spiro atoms. The van der Waals surface area contributed by atoms with E-state index in [0.717, 1.165) is 0 Å². The summed E-state index contributed by atoms with van der Waals surface area (Å²) in [6, 6.07) is 18.0. The SMILES string of the molecule is CCOc1cccc(NC(=O)c2cc3ccccc3c(N=Nc3ccc(Cl)c(S(=O)(=O)O)c3C)c2O)c1. The van der Waals surface area contributed by atoms with Gasteiger partial charge in [0.2, 0.25) is 0 Å². The molecule has 0 aliphatic heterocycles. The summed E-state index contributed by atoms with van der Waals surface area (Å²) in [5, 5.41) is 23.0. The molecule has 1 amide bonds. The monoisotopic (exact) mass is 539 g/mol. The zero-order valence-electron chi connectivity index (χ0n) is 19.8. The van der Waals surface area contributed by atoms with Crippen molar-refractivity contribution >= 4 is 55.5 Å². The number of carbonyl (C=O) groups is 1. The molecule has 0 saturated heterocycles. The maximum absolute atomic E-state index is 13.1. The molecule has 3 N–H and O–H groups in total. The molecule has 0 heterocycles. The van der Waals surface area contributed by atoms with Gasteiger partial charge in [-0.3, -0.25) is 9.35 Å². The van der Waals surface area contributed by atoms with Crippen molar-refractivity contribution < 1.29 is 27.6 Å². The van der Waals surface area contributed by atoms with Crippen molar-refractivity contribution in [1.29, 1.82) is 0 Å². The molecule has 0 fully saturated rings. The molecule has 0 aromatic heterocycles. The van der Waals surface area contributed by atoms with E-state index >= 15 is 0 Å². The largest absolute Gasteiger partial charge is 0.505 e. The molecule has 190 valence electrons. The maximum Gasteiger partial charge on any atom is 0.296 e. The zero-order chi connectivity index (χ0) is 26.7. The lowest BCUT2D eigenvalue weighted by Gasteiger charge is -2.12. The number of hydrogen-bond acceptors (Lipinski definition) is 7. The van der Waals surface area contributed by atoms with E-state index in [9.17, 15) is 22.9 Å². The number of nitrogens with one attached hydrogen (secondary N) is 1. The summed E-state index contributed by atoms with van der Waals surface area (Å²) in [7, 11) is -4.61. The maximum atomic E-state index is 13.1. The molecule has 37 heavy (non-hydrogen) atoms. The molecule has 0 saturated carbocycles. The standard InChI is InChI=1S/C26H22ClN3O6S/c1-3-36-18-9-6-8-17(14-18)28-26(32)20-13-16-7-4-5-10-19(16)23(24(20)31)30-29-22-12-11-21(27)25(15(22)2)37(33,34)35/h4-14,31H,3H2,1-2H3,(H,28,32)(H,33,34,35). The normalized spacial score (nSPS) is 11.7. The van der Waals surface area contributed by atoms with Gasteiger partial charge in [-0.1, -0.05) is 41.9 Å². The van der Waals surface area contributed by atoms with Crippen LogP contribution in [-0.4, -0.2) is 30.6 Å². The Labute approximate surface area is 218 Å². The Morgan fingerprint density at radius 3 is 2.54 bits per heavy atom. The molecule has 0 aliphatic carbocycles. The van der Waals surface area contributed by atoms with Crippen LogP contribution in [0.5, 0.6) is 11.5 Å². The molecule has 11 heteroatoms. The van der Waals surface area contributed by atoms with Crippen LogP contribution in [0.2, 0.25) is 5.02 Å². The number of phenolic OH excluding ortho intramolecular Hbond substituents is 1. The number of phenols is 1. The van der Waals surface area contributed by atoms with E-state index in [1.807, 2.05) is 6.92 Å². The van der Waals surface area contributed by atoms with Crippen LogP contribution in [0, 0.1) is 6.92 Å². The van der Waals surface area contributed by atoms with Crippen molar-refractivity contribution in [2.24, 2.45) is 10.2 Å². The minimum Gasteiger partial charge on any atom is -0.505 e. The van der Waals surface area contributed by atoms with Gasteiger partial charge in [0.15, 0.2) is 5.75 Å². The third-order valence-corrected chi connectivity index (χ3v) is 6.96. The van der Waals surface area contributed by atoms with Gasteiger partial charge in [0.25, 0.3) is 16.0 Å². The number of benzene rings is 4. The molecule has 0 aliphatic rings. The Hall–Kier alpha value is -3.99. The first-order chi connectivity index (χ1) is 17.6. The van der Waals surface area contributed by atoms with Crippen molar-refractivity contribution in [2.45, 2.75) is 18.7 Å². The first kappa shape index (κ1) is 26.1. The molecule has 4 aromatic carbocycles. The summed E-state index contributed by atoms with van der Waals surface area (Å²) in [5.41, 5.74) is 0.616. The first-order valence-electron chi connectivity index (χ1n) is 11.1. The van der Waals surface area contributed by atoms with E-state index in [1.165, 1.54) is 25.1 Å². The number of ether oxygens (including phenoxy) is 1. The minimum atomic E-state index is -4.61. The predicted molar refractivity (Wildman–Crippen MR) is 141 cm³/mol. The molecule has 0 unspecified atom stereocenters. The van der Waals surface area contributed by atoms with Crippen molar-refractivity contribution in [3.8, 4) is 11.5 Å². The molecule has 4 aromatic rings. The van der Waals surface area contributed by atoms with Crippen molar-refractivity contribution in [2.75, 3.05) is 11.9 Å². The van der Waals surface area contributed by atoms with Gasteiger partial charge in [-0.2, -0.15) is 13.5 Å². The molecular formula is C26H22ClN3O6S. The highest BCUT2D eigenvalue weighted by molar-refractivity contribution is 7.86. The second-order valence-electron chi connectivity index (χ2n) is 7.95. The summed E-state index contributed by atoms with van der Waals surface area (Å²) in [4.78, 5) is 12.6. The Morgan fingerprint density at radius 2 is 1.81 bits per heavy atom. The zero-order valence-corrected chi connectivity index (χ0v) is 21.3. The summed E-state index contributed by atoms with van der Waals surface area (Å²) < 4.78 is 38.5. The highest BCUT2D eigenvalue weighted by Gasteiger charge is 2.21. The fourth-order valence-electron chi connectivity index (χ4n) is 3.80. The highest BCUT2D eigenvalue weighted by atomic mass is 35.5. The van der Waals surface area contributed by atoms with Gasteiger partial charge >= 0.3 is 0 Å². The van der Waals surface area contributed by atoms with Crippen LogP contribution in [0.25, 0.3) is 10.8 Å². The van der Waals surface area contributed by atoms with E-state index in [4.69, 9.17) is 16.3 Å². The van der Waals surface area contributed by atoms with Crippen LogP contribution in [0.4, 0.5) is 17.1 Å². The Bertz CT molecular complexity index is 1650. The number of rotatable bonds is 7. The number of nitrogens with zero attached hydrogens (tertiary/aromatic N) is 2. The molecular weight excluding hydrogens is 518 g/mol. The van der Waals surface area contributed by atoms with Crippen molar-refractivity contribution in [1.82, 2.24) is 0 Å². The molecule has 4 rings (SSSR count). The fraction of sp³-hybridized carbons (Fsp3) is 0.115. The summed E-state index contributed by atoms with van der Waals surface area (Å²) in [6.45, 7) is 3.74. The number of aromatic hydroxyl groups is 1. The van der Waals surface area contributed by atoms with Gasteiger partial charge in [0, 0.05) is 17.1 Å². The number of fused-ring (bicyclic) bond motifs is 1. The third-order valence-electron chi connectivity index (χ3n) is 5.49. The second-order valence-corrected chi connectivity index (χ2v) is 9.72. The summed E-state index contributed by atoms with van der Waals surface area (Å²) in [5.74, 6) is -0.410. The molecule has 0 bridgehead atoms. The van der Waals surface area contributed by atoms with E-state index < -0.39 is 26.7 Å². The lowest BCUT2D eigenvalue weighted by Crippen LogP contribution is -2.12. The van der Waals surface area contributed by atoms with Gasteiger partial charge in [0.1, 0.15) is 16.3 Å². The van der Waals surface area contributed by atoms with Crippen LogP contribution < -0.4 is 10.1 Å². The van der Waals surface area contributed by atoms with Crippen molar-refractivity contribution in [3.05, 3.63) is 82.9 Å². The van der Waals surface area contributed by atoms with E-state index in [-0.39, 0.29) is 27.5 Å². The Morgan fingerprint density at radius 1 is 1.05 bits per heavy atom. The van der Waals surface area contributed by atoms with Gasteiger partial charge in [0.05, 0.1) is 22.9 Å². The molecule has 0 radical (unpaired) electrons. The fourth-order valence-corrected chi connectivity index (χ4v) is 5.10. The van der Waals surface area contributed by atoms with Crippen molar-refractivity contribution in [3.63, 3.8) is 0 Å². The number of carbonyl (C=O) groups excluding carboxylic acids is 1. The quantitative estimate of drug-likeness (QED) is 0.174. The Kier molecular flexibility index (Phi) is 7.44. The smallest absolute Gasteiger partial charge is 0.296 e. The van der Waals surface area contributed by atoms with Crippen LogP contribution in [0.3, 0.4) is 0 Å². The first-order valence-corrected chi connectivity index (χ1v) is 12.9. The van der Waals surface area contributed by atoms with E-state index in [2.05, 4.69) is 15.5 Å². The lowest BCUT2D eigenvalue weighted by atomic mass is 10.0. The van der Waals surface area contributed by atoms with Crippen LogP contribution >= 0.6 is 11.6 Å². The third kappa shape index (κ3) is 5.56. The number of anilines is 1. The average molecular weight is 540 g/mol. The summed E-state index contributed by atoms with van der Waals surface area (Å²) in [6.07, 6.45) is 0. The molecule has 0 atom stereocenters. The van der Waals surface area contributed by atoms with E-state index in [1.54, 1.807) is 48.5 Å². The van der Waals surface area contributed by atoms with Crippen LogP contribution in [0.1, 0.15) is 22.8 Å². The van der Waals surface area contributed by atoms with Gasteiger partial charge in [-0.15, -0.1) is 5.11 Å². The predicted octanol–water partition coefficient (Wildman–Crippen LogP) is 6.82. The minimum absolute atomic E-state index is 0.00840. The van der Waals surface area contributed by atoms with Crippen LogP contribution in [0.15, 0.2) is 81.9 Å². The van der Waals surface area contributed by atoms with Gasteiger partial charge in [-0.25, -0.2) is 0 Å². The topological polar surface area (TPSA) is 138 Å². The number of amides is 1. The van der Waals surface area contributed by atoms with Gasteiger partial charge < -0.3 is 15.2 Å². The lowest BCUT2D eigenvalue weighted by molar-refractivity contribution is 0.102. The van der Waals surface area contributed by atoms with Gasteiger partial charge in [-0.05, 0) is 55.1 Å². The van der Waals surface area contributed by atoms with E-state index in [0.29, 0.717) is 28.8 Å². The van der Waals surface area contributed by atoms with Crippen LogP contribution in [-0.2, 0) is 10.1 Å². The number of halogens is 1. The average Bonchev–Trinajstić information content (AvgIpc) is 2.84. The Balaban J connectivity index is 1.78. The number of hydrogen-bond donors (Lipinski definition) is 3.